The zero-order valence-corrected chi connectivity index (χ0v) is 13.4. The lowest BCUT2D eigenvalue weighted by molar-refractivity contribution is -0.00245. The molecule has 1 aliphatic rings. The Hall–Kier alpha value is -1.01. The number of benzene rings is 1. The summed E-state index contributed by atoms with van der Waals surface area (Å²) < 4.78 is 16.3. The third kappa shape index (κ3) is 3.80. The van der Waals surface area contributed by atoms with Crippen LogP contribution in [0.3, 0.4) is 0 Å². The van der Waals surface area contributed by atoms with E-state index in [9.17, 15) is 5.11 Å². The molecule has 118 valence electrons. The van der Waals surface area contributed by atoms with Crippen molar-refractivity contribution < 1.29 is 19.3 Å². The molecule has 2 atom stereocenters. The third-order valence-corrected chi connectivity index (χ3v) is 3.83. The summed E-state index contributed by atoms with van der Waals surface area (Å²) >= 11 is 6.12. The number of aliphatic hydroxyl groups excluding tert-OH is 1. The van der Waals surface area contributed by atoms with Gasteiger partial charge in [0.15, 0.2) is 11.5 Å². The summed E-state index contributed by atoms with van der Waals surface area (Å²) in [4.78, 5) is 2.12. The largest absolute Gasteiger partial charge is 0.493 e. The summed E-state index contributed by atoms with van der Waals surface area (Å²) in [6, 6.07) is 3.59. The summed E-state index contributed by atoms with van der Waals surface area (Å²) in [6.45, 7) is 4.42. The second kappa shape index (κ2) is 7.31. The topological polar surface area (TPSA) is 51.2 Å². The van der Waals surface area contributed by atoms with Crippen molar-refractivity contribution >= 4 is 11.6 Å². The monoisotopic (exact) mass is 315 g/mol. The van der Waals surface area contributed by atoms with Crippen LogP contribution in [-0.2, 0) is 11.3 Å². The first-order valence-electron chi connectivity index (χ1n) is 7.01. The van der Waals surface area contributed by atoms with E-state index in [1.54, 1.807) is 20.3 Å². The molecule has 0 saturated carbocycles. The van der Waals surface area contributed by atoms with Gasteiger partial charge in [0.05, 0.1) is 26.4 Å². The average molecular weight is 316 g/mol. The third-order valence-electron chi connectivity index (χ3n) is 3.61. The van der Waals surface area contributed by atoms with Gasteiger partial charge in [0, 0.05) is 42.9 Å². The van der Waals surface area contributed by atoms with E-state index in [1.165, 1.54) is 0 Å². The molecule has 0 aromatic heterocycles. The van der Waals surface area contributed by atoms with Crippen molar-refractivity contribution in [3.63, 3.8) is 0 Å². The molecule has 0 radical (unpaired) electrons. The van der Waals surface area contributed by atoms with E-state index in [1.807, 2.05) is 13.0 Å². The Morgan fingerprint density at radius 3 is 2.67 bits per heavy atom. The highest BCUT2D eigenvalue weighted by Gasteiger charge is 2.32. The van der Waals surface area contributed by atoms with Gasteiger partial charge >= 0.3 is 0 Å². The van der Waals surface area contributed by atoms with Crippen LogP contribution < -0.4 is 9.47 Å². The minimum Gasteiger partial charge on any atom is -0.493 e. The maximum Gasteiger partial charge on any atom is 0.165 e. The van der Waals surface area contributed by atoms with Gasteiger partial charge in [-0.25, -0.2) is 0 Å². The fourth-order valence-corrected chi connectivity index (χ4v) is 2.93. The number of halogens is 1. The summed E-state index contributed by atoms with van der Waals surface area (Å²) in [6.07, 6.45) is -0.598. The van der Waals surface area contributed by atoms with Crippen molar-refractivity contribution in [2.75, 3.05) is 33.9 Å². The Labute approximate surface area is 130 Å². The SMILES string of the molecule is CCO[C@H]1CN(Cc2cc(Cl)cc(OC)c2OC)C[C@@H]1O. The van der Waals surface area contributed by atoms with Crippen molar-refractivity contribution in [3.8, 4) is 11.5 Å². The number of hydrogen-bond acceptors (Lipinski definition) is 5. The standard InChI is InChI=1S/C15H22ClNO4/c1-4-21-14-9-17(8-12(14)18)7-10-5-11(16)6-13(19-2)15(10)20-3/h5-6,12,14,18H,4,7-9H2,1-3H3/t12-,14-/m0/s1. The predicted molar refractivity (Wildman–Crippen MR) is 81.3 cm³/mol. The van der Waals surface area contributed by atoms with Crippen molar-refractivity contribution in [1.29, 1.82) is 0 Å². The highest BCUT2D eigenvalue weighted by atomic mass is 35.5. The number of rotatable bonds is 6. The van der Waals surface area contributed by atoms with Gasteiger partial charge in [-0.15, -0.1) is 0 Å². The van der Waals surface area contributed by atoms with Crippen molar-refractivity contribution in [2.45, 2.75) is 25.7 Å². The van der Waals surface area contributed by atoms with Gasteiger partial charge in [-0.3, -0.25) is 4.90 Å². The highest BCUT2D eigenvalue weighted by molar-refractivity contribution is 6.30. The molecular weight excluding hydrogens is 294 g/mol. The molecule has 2 rings (SSSR count). The molecule has 0 aliphatic carbocycles. The molecule has 6 heteroatoms. The lowest BCUT2D eigenvalue weighted by Crippen LogP contribution is -2.26. The molecule has 0 bridgehead atoms. The number of methoxy groups -OCH3 is 2. The van der Waals surface area contributed by atoms with E-state index in [-0.39, 0.29) is 6.10 Å². The smallest absolute Gasteiger partial charge is 0.165 e. The van der Waals surface area contributed by atoms with Gasteiger partial charge in [0.2, 0.25) is 0 Å². The van der Waals surface area contributed by atoms with Crippen LogP contribution in [0.5, 0.6) is 11.5 Å². The van der Waals surface area contributed by atoms with Crippen LogP contribution >= 0.6 is 11.6 Å². The summed E-state index contributed by atoms with van der Waals surface area (Å²) in [5.74, 6) is 1.29. The normalized spacial score (nSPS) is 22.5. The Morgan fingerprint density at radius 1 is 1.29 bits per heavy atom. The van der Waals surface area contributed by atoms with E-state index < -0.39 is 6.10 Å². The molecule has 21 heavy (non-hydrogen) atoms. The molecule has 1 heterocycles. The van der Waals surface area contributed by atoms with Gasteiger partial charge < -0.3 is 19.3 Å². The molecule has 0 unspecified atom stereocenters. The summed E-state index contributed by atoms with van der Waals surface area (Å²) in [7, 11) is 3.19. The van der Waals surface area contributed by atoms with Crippen LogP contribution in [0.4, 0.5) is 0 Å². The molecule has 1 saturated heterocycles. The number of hydrogen-bond donors (Lipinski definition) is 1. The number of ether oxygens (including phenoxy) is 3. The maximum absolute atomic E-state index is 10.0. The fraction of sp³-hybridized carbons (Fsp3) is 0.600. The van der Waals surface area contributed by atoms with E-state index in [4.69, 9.17) is 25.8 Å². The van der Waals surface area contributed by atoms with E-state index in [0.717, 1.165) is 5.56 Å². The van der Waals surface area contributed by atoms with Crippen LogP contribution in [-0.4, -0.2) is 56.1 Å². The van der Waals surface area contributed by atoms with Gasteiger partial charge in [0.1, 0.15) is 0 Å². The highest BCUT2D eigenvalue weighted by Crippen LogP contribution is 2.35. The Kier molecular flexibility index (Phi) is 5.70. The zero-order valence-electron chi connectivity index (χ0n) is 12.6. The number of β-amino-alcohol motifs (C(OH)–C–C–N with tert-alkyl or cyclic N) is 1. The Bertz CT molecular complexity index is 483. The summed E-state index contributed by atoms with van der Waals surface area (Å²) in [5, 5.41) is 10.6. The number of nitrogens with zero attached hydrogens (tertiary/aromatic N) is 1. The van der Waals surface area contributed by atoms with Crippen LogP contribution in [0.15, 0.2) is 12.1 Å². The van der Waals surface area contributed by atoms with Crippen molar-refractivity contribution in [2.24, 2.45) is 0 Å². The molecule has 1 aromatic rings. The second-order valence-electron chi connectivity index (χ2n) is 5.06. The number of aliphatic hydroxyl groups is 1. The van der Waals surface area contributed by atoms with E-state index in [2.05, 4.69) is 4.90 Å². The van der Waals surface area contributed by atoms with Crippen LogP contribution in [0, 0.1) is 0 Å². The van der Waals surface area contributed by atoms with Crippen LogP contribution in [0.2, 0.25) is 5.02 Å². The number of likely N-dealkylation sites (tertiary alicyclic amines) is 1. The predicted octanol–water partition coefficient (Wildman–Crippen LogP) is 1.94. The summed E-state index contributed by atoms with van der Waals surface area (Å²) in [5.41, 5.74) is 0.936. The lowest BCUT2D eigenvalue weighted by Gasteiger charge is -2.19. The van der Waals surface area contributed by atoms with Crippen LogP contribution in [0.25, 0.3) is 0 Å². The van der Waals surface area contributed by atoms with Gasteiger partial charge in [0.25, 0.3) is 0 Å². The molecule has 1 aromatic carbocycles. The van der Waals surface area contributed by atoms with Crippen molar-refractivity contribution in [1.82, 2.24) is 4.90 Å². The molecule has 5 nitrogen and oxygen atoms in total. The van der Waals surface area contributed by atoms with Gasteiger partial charge in [-0.2, -0.15) is 0 Å². The van der Waals surface area contributed by atoms with E-state index >= 15 is 0 Å². The average Bonchev–Trinajstić information content (AvgIpc) is 2.78. The van der Waals surface area contributed by atoms with Crippen LogP contribution in [0.1, 0.15) is 12.5 Å². The molecule has 0 spiro atoms. The maximum atomic E-state index is 10.0. The van der Waals surface area contributed by atoms with E-state index in [0.29, 0.717) is 42.8 Å². The zero-order chi connectivity index (χ0) is 15.4. The first-order valence-corrected chi connectivity index (χ1v) is 7.39. The Morgan fingerprint density at radius 2 is 2.05 bits per heavy atom. The first-order chi connectivity index (χ1) is 10.1. The molecule has 1 fully saturated rings. The van der Waals surface area contributed by atoms with Gasteiger partial charge in [-0.1, -0.05) is 11.6 Å². The molecular formula is C15H22ClNO4. The lowest BCUT2D eigenvalue weighted by atomic mass is 10.1. The first kappa shape index (κ1) is 16.4. The molecule has 0 amide bonds. The van der Waals surface area contributed by atoms with Crippen molar-refractivity contribution in [3.05, 3.63) is 22.7 Å². The molecule has 1 aliphatic heterocycles. The quantitative estimate of drug-likeness (QED) is 0.869. The van der Waals surface area contributed by atoms with Gasteiger partial charge in [-0.05, 0) is 13.0 Å². The fourth-order valence-electron chi connectivity index (χ4n) is 2.70. The second-order valence-corrected chi connectivity index (χ2v) is 5.49. The molecule has 1 N–H and O–H groups in total. The Balaban J connectivity index is 2.15. The minimum atomic E-state index is -0.461. The minimum absolute atomic E-state index is 0.137.